The minimum atomic E-state index is -4.00. The van der Waals surface area contributed by atoms with Crippen LogP contribution in [0.5, 0.6) is 0 Å². The summed E-state index contributed by atoms with van der Waals surface area (Å²) in [6, 6.07) is 15.7. The van der Waals surface area contributed by atoms with E-state index in [2.05, 4.69) is 13.8 Å². The lowest BCUT2D eigenvalue weighted by Gasteiger charge is -2.23. The van der Waals surface area contributed by atoms with Crippen molar-refractivity contribution in [1.82, 2.24) is 0 Å². The standard InChI is InChI=1S/C12H26O2.C7H6O2.C6H6O3S/c1-3-5-7-11(9-13)12(10-14)8-6-4-2;8-7(9)6-4-2-1-3-5-6;7-10(8,9)6-4-2-1-3-5-6/h11-14H,3-10H2,1-2H3;1-5H,(H,8,9);1-5H,(H,7,8,9). The number of hydrogen-bond donors (Lipinski definition) is 4. The molecule has 0 spiro atoms. The van der Waals surface area contributed by atoms with Crippen LogP contribution >= 0.6 is 0 Å². The predicted molar refractivity (Wildman–Crippen MR) is 130 cm³/mol. The van der Waals surface area contributed by atoms with Crippen LogP contribution in [0.3, 0.4) is 0 Å². The summed E-state index contributed by atoms with van der Waals surface area (Å²) in [7, 11) is -4.00. The zero-order valence-corrected chi connectivity index (χ0v) is 20.3. The van der Waals surface area contributed by atoms with E-state index in [9.17, 15) is 23.4 Å². The van der Waals surface area contributed by atoms with Gasteiger partial charge in [0.25, 0.3) is 10.1 Å². The highest BCUT2D eigenvalue weighted by Gasteiger charge is 2.18. The van der Waals surface area contributed by atoms with Crippen LogP contribution in [0.2, 0.25) is 0 Å². The Hall–Kier alpha value is -2.26. The van der Waals surface area contributed by atoms with Crippen molar-refractivity contribution >= 4 is 16.1 Å². The highest BCUT2D eigenvalue weighted by atomic mass is 32.2. The Morgan fingerprint density at radius 3 is 1.42 bits per heavy atom. The number of hydrogen-bond acceptors (Lipinski definition) is 5. The molecule has 7 nitrogen and oxygen atoms in total. The molecule has 0 aliphatic rings. The summed E-state index contributed by atoms with van der Waals surface area (Å²) in [5.41, 5.74) is 0.331. The largest absolute Gasteiger partial charge is 0.478 e. The van der Waals surface area contributed by atoms with Crippen LogP contribution in [-0.2, 0) is 10.1 Å². The number of carbonyl (C=O) groups is 1. The number of aliphatic hydroxyl groups is 2. The average molecular weight is 483 g/mol. The van der Waals surface area contributed by atoms with E-state index >= 15 is 0 Å². The van der Waals surface area contributed by atoms with Crippen molar-refractivity contribution in [3.8, 4) is 0 Å². The van der Waals surface area contributed by atoms with Crippen LogP contribution < -0.4 is 0 Å². The zero-order chi connectivity index (χ0) is 25.1. The lowest BCUT2D eigenvalue weighted by Crippen LogP contribution is -2.22. The molecule has 0 aromatic heterocycles. The molecule has 0 heterocycles. The molecule has 0 aliphatic carbocycles. The van der Waals surface area contributed by atoms with Gasteiger partial charge in [-0.2, -0.15) is 8.42 Å². The second-order valence-electron chi connectivity index (χ2n) is 7.63. The molecule has 8 heteroatoms. The van der Waals surface area contributed by atoms with Crippen LogP contribution in [0.4, 0.5) is 0 Å². The maximum absolute atomic E-state index is 10.4. The van der Waals surface area contributed by atoms with E-state index in [-0.39, 0.29) is 18.1 Å². The SMILES string of the molecule is CCCCC(CO)C(CO)CCCC.O=C(O)c1ccccc1.O=S(=O)(O)c1ccccc1. The van der Waals surface area contributed by atoms with Crippen molar-refractivity contribution in [1.29, 1.82) is 0 Å². The molecule has 0 bridgehead atoms. The Kier molecular flexibility index (Phi) is 17.0. The molecule has 0 amide bonds. The van der Waals surface area contributed by atoms with Gasteiger partial charge in [0.05, 0.1) is 10.5 Å². The molecular weight excluding hydrogens is 444 g/mol. The van der Waals surface area contributed by atoms with Crippen molar-refractivity contribution in [3.63, 3.8) is 0 Å². The van der Waals surface area contributed by atoms with Crippen molar-refractivity contribution in [2.45, 2.75) is 57.3 Å². The summed E-state index contributed by atoms with van der Waals surface area (Å²) in [5.74, 6) is -0.256. The Morgan fingerprint density at radius 2 is 1.18 bits per heavy atom. The van der Waals surface area contributed by atoms with E-state index in [1.54, 1.807) is 48.5 Å². The molecule has 0 aliphatic heterocycles. The molecule has 4 N–H and O–H groups in total. The van der Waals surface area contributed by atoms with Gasteiger partial charge in [-0.05, 0) is 48.9 Å². The van der Waals surface area contributed by atoms with Crippen molar-refractivity contribution in [2.24, 2.45) is 11.8 Å². The zero-order valence-electron chi connectivity index (χ0n) is 19.5. The van der Waals surface area contributed by atoms with Gasteiger partial charge < -0.3 is 15.3 Å². The summed E-state index contributed by atoms with van der Waals surface area (Å²) in [4.78, 5) is 10.1. The lowest BCUT2D eigenvalue weighted by atomic mass is 9.85. The molecule has 0 saturated heterocycles. The van der Waals surface area contributed by atoms with Crippen molar-refractivity contribution in [2.75, 3.05) is 13.2 Å². The number of rotatable bonds is 11. The predicted octanol–water partition coefficient (Wildman–Crippen LogP) is 4.90. The minimum Gasteiger partial charge on any atom is -0.478 e. The number of unbranched alkanes of at least 4 members (excludes halogenated alkanes) is 2. The van der Waals surface area contributed by atoms with Crippen LogP contribution in [0.1, 0.15) is 62.7 Å². The molecule has 2 unspecified atom stereocenters. The van der Waals surface area contributed by atoms with E-state index in [1.165, 1.54) is 25.0 Å². The van der Waals surface area contributed by atoms with Gasteiger partial charge in [0, 0.05) is 13.2 Å². The summed E-state index contributed by atoms with van der Waals surface area (Å²) >= 11 is 0. The number of carboxylic acid groups (broad SMARTS) is 1. The van der Waals surface area contributed by atoms with Gasteiger partial charge in [-0.25, -0.2) is 4.79 Å². The van der Waals surface area contributed by atoms with E-state index in [0.29, 0.717) is 17.4 Å². The third-order valence-electron chi connectivity index (χ3n) is 5.05. The first kappa shape index (κ1) is 30.7. The molecule has 0 radical (unpaired) electrons. The molecule has 33 heavy (non-hydrogen) atoms. The number of carboxylic acids is 1. The Morgan fingerprint density at radius 1 is 0.788 bits per heavy atom. The second-order valence-corrected chi connectivity index (χ2v) is 9.05. The summed E-state index contributed by atoms with van der Waals surface area (Å²) in [6.07, 6.45) is 6.77. The highest BCUT2D eigenvalue weighted by Crippen LogP contribution is 2.23. The first-order valence-corrected chi connectivity index (χ1v) is 12.7. The molecular formula is C25H38O7S. The lowest BCUT2D eigenvalue weighted by molar-refractivity contribution is 0.0697. The minimum absolute atomic E-state index is 0.0741. The van der Waals surface area contributed by atoms with Crippen LogP contribution in [0.25, 0.3) is 0 Å². The number of aliphatic hydroxyl groups excluding tert-OH is 2. The van der Waals surface area contributed by atoms with Gasteiger partial charge in [-0.15, -0.1) is 0 Å². The van der Waals surface area contributed by atoms with Crippen molar-refractivity contribution < 1.29 is 33.1 Å². The topological polar surface area (TPSA) is 132 Å². The second kappa shape index (κ2) is 18.2. The fourth-order valence-corrected chi connectivity index (χ4v) is 3.56. The van der Waals surface area contributed by atoms with E-state index in [4.69, 9.17) is 9.66 Å². The van der Waals surface area contributed by atoms with Gasteiger partial charge in [-0.1, -0.05) is 75.9 Å². The maximum atomic E-state index is 10.4. The van der Waals surface area contributed by atoms with Crippen LogP contribution in [0, 0.1) is 11.8 Å². The Balaban J connectivity index is 0.000000478. The number of aromatic carboxylic acids is 1. The van der Waals surface area contributed by atoms with E-state index in [0.717, 1.165) is 25.7 Å². The molecule has 2 aromatic carbocycles. The van der Waals surface area contributed by atoms with Gasteiger partial charge in [0.15, 0.2) is 0 Å². The molecule has 0 fully saturated rings. The fraction of sp³-hybridized carbons (Fsp3) is 0.480. The quantitative estimate of drug-likeness (QED) is 0.335. The summed E-state index contributed by atoms with van der Waals surface area (Å²) < 4.78 is 29.2. The van der Waals surface area contributed by atoms with Gasteiger partial charge in [0.2, 0.25) is 0 Å². The van der Waals surface area contributed by atoms with Crippen LogP contribution in [0.15, 0.2) is 65.6 Å². The van der Waals surface area contributed by atoms with Crippen molar-refractivity contribution in [3.05, 3.63) is 66.2 Å². The first-order valence-electron chi connectivity index (χ1n) is 11.2. The third kappa shape index (κ3) is 14.5. The smallest absolute Gasteiger partial charge is 0.335 e. The number of benzene rings is 2. The summed E-state index contributed by atoms with van der Waals surface area (Å²) in [5, 5.41) is 26.9. The van der Waals surface area contributed by atoms with Crippen LogP contribution in [-0.4, -0.2) is 47.5 Å². The van der Waals surface area contributed by atoms with Gasteiger partial charge >= 0.3 is 5.97 Å². The van der Waals surface area contributed by atoms with E-state index in [1.807, 2.05) is 0 Å². The fourth-order valence-electron chi connectivity index (χ4n) is 3.06. The monoisotopic (exact) mass is 482 g/mol. The molecule has 2 aromatic rings. The molecule has 186 valence electrons. The van der Waals surface area contributed by atoms with Gasteiger partial charge in [0.1, 0.15) is 0 Å². The first-order chi connectivity index (χ1) is 15.7. The average Bonchev–Trinajstić information content (AvgIpc) is 2.82. The third-order valence-corrected chi connectivity index (χ3v) is 5.92. The molecule has 0 saturated carbocycles. The summed E-state index contributed by atoms with van der Waals surface area (Å²) in [6.45, 7) is 4.78. The molecule has 2 rings (SSSR count). The molecule has 2 atom stereocenters. The normalized spacial score (nSPS) is 12.4. The van der Waals surface area contributed by atoms with Gasteiger partial charge in [-0.3, -0.25) is 4.55 Å². The highest BCUT2D eigenvalue weighted by molar-refractivity contribution is 7.85. The Labute approximate surface area is 197 Å². The van der Waals surface area contributed by atoms with E-state index < -0.39 is 16.1 Å². The maximum Gasteiger partial charge on any atom is 0.335 e. The Bertz CT molecular complexity index is 826.